The van der Waals surface area contributed by atoms with Gasteiger partial charge in [0, 0.05) is 24.2 Å². The number of ether oxygens (including phenoxy) is 2. The molecule has 0 aliphatic rings. The summed E-state index contributed by atoms with van der Waals surface area (Å²) in [7, 11) is 1.68. The third-order valence-corrected chi connectivity index (χ3v) is 2.86. The summed E-state index contributed by atoms with van der Waals surface area (Å²) in [5, 5.41) is 1.25. The molecule has 0 saturated carbocycles. The number of aromatic amines is 1. The van der Waals surface area contributed by atoms with Crippen molar-refractivity contribution in [1.82, 2.24) is 4.98 Å². The molecule has 0 bridgehead atoms. The lowest BCUT2D eigenvalue weighted by Crippen LogP contribution is -2.03. The number of H-pyrrole nitrogens is 1. The Bertz CT molecular complexity index is 488. The molecule has 0 amide bonds. The topological polar surface area (TPSA) is 34.2 Å². The Kier molecular flexibility index (Phi) is 3.69. The molecular formula is C14H19NO2. The van der Waals surface area contributed by atoms with Crippen LogP contribution in [0.3, 0.4) is 0 Å². The van der Waals surface area contributed by atoms with Crippen LogP contribution in [0, 0.1) is 0 Å². The highest BCUT2D eigenvalue weighted by molar-refractivity contribution is 5.85. The predicted molar refractivity (Wildman–Crippen MR) is 69.8 cm³/mol. The van der Waals surface area contributed by atoms with Crippen LogP contribution in [-0.4, -0.2) is 25.3 Å². The second kappa shape index (κ2) is 5.23. The van der Waals surface area contributed by atoms with E-state index in [9.17, 15) is 0 Å². The van der Waals surface area contributed by atoms with Crippen LogP contribution in [0.2, 0.25) is 0 Å². The van der Waals surface area contributed by atoms with Crippen molar-refractivity contribution in [2.75, 3.05) is 20.3 Å². The first-order valence-electron chi connectivity index (χ1n) is 5.95. The number of fused-ring (bicyclic) bond motifs is 1. The standard InChI is InChI=1S/C14H19NO2/c1-10(2)13-9-15-14-5-4-11(8-12(13)14)17-7-6-16-3/h4-5,8-10,15H,6-7H2,1-3H3. The van der Waals surface area contributed by atoms with Crippen LogP contribution < -0.4 is 4.74 Å². The van der Waals surface area contributed by atoms with Crippen molar-refractivity contribution in [3.63, 3.8) is 0 Å². The van der Waals surface area contributed by atoms with Gasteiger partial charge in [0.25, 0.3) is 0 Å². The molecule has 1 aromatic carbocycles. The molecular weight excluding hydrogens is 214 g/mol. The third kappa shape index (κ3) is 2.61. The van der Waals surface area contributed by atoms with Gasteiger partial charge < -0.3 is 14.5 Å². The van der Waals surface area contributed by atoms with Gasteiger partial charge >= 0.3 is 0 Å². The summed E-state index contributed by atoms with van der Waals surface area (Å²) in [6.45, 7) is 5.59. The van der Waals surface area contributed by atoms with Gasteiger partial charge in [-0.15, -0.1) is 0 Å². The lowest BCUT2D eigenvalue weighted by atomic mass is 10.0. The van der Waals surface area contributed by atoms with Gasteiger partial charge in [0.2, 0.25) is 0 Å². The average molecular weight is 233 g/mol. The lowest BCUT2D eigenvalue weighted by Gasteiger charge is -2.07. The molecule has 1 N–H and O–H groups in total. The van der Waals surface area contributed by atoms with Gasteiger partial charge in [0.05, 0.1) is 6.61 Å². The van der Waals surface area contributed by atoms with Crippen molar-refractivity contribution in [3.8, 4) is 5.75 Å². The molecule has 0 aliphatic heterocycles. The quantitative estimate of drug-likeness (QED) is 0.804. The van der Waals surface area contributed by atoms with E-state index in [2.05, 4.69) is 37.2 Å². The normalized spacial score (nSPS) is 11.3. The summed E-state index contributed by atoms with van der Waals surface area (Å²) in [5.41, 5.74) is 2.49. The number of aromatic nitrogens is 1. The highest BCUT2D eigenvalue weighted by atomic mass is 16.5. The number of nitrogens with one attached hydrogen (secondary N) is 1. The molecule has 0 saturated heterocycles. The number of hydrogen-bond acceptors (Lipinski definition) is 2. The first kappa shape index (κ1) is 12.0. The van der Waals surface area contributed by atoms with Crippen LogP contribution in [0.25, 0.3) is 10.9 Å². The zero-order chi connectivity index (χ0) is 12.3. The molecule has 17 heavy (non-hydrogen) atoms. The maximum absolute atomic E-state index is 5.62. The van der Waals surface area contributed by atoms with Crippen LogP contribution in [0.1, 0.15) is 25.3 Å². The van der Waals surface area contributed by atoms with Crippen LogP contribution in [-0.2, 0) is 4.74 Å². The summed E-state index contributed by atoms with van der Waals surface area (Å²) >= 11 is 0. The monoisotopic (exact) mass is 233 g/mol. The van der Waals surface area contributed by atoms with Crippen LogP contribution in [0.5, 0.6) is 5.75 Å². The number of benzene rings is 1. The summed E-state index contributed by atoms with van der Waals surface area (Å²) in [6.07, 6.45) is 2.08. The highest BCUT2D eigenvalue weighted by Gasteiger charge is 2.08. The number of methoxy groups -OCH3 is 1. The third-order valence-electron chi connectivity index (χ3n) is 2.86. The van der Waals surface area contributed by atoms with Gasteiger partial charge in [0.1, 0.15) is 12.4 Å². The Morgan fingerprint density at radius 3 is 2.76 bits per heavy atom. The smallest absolute Gasteiger partial charge is 0.120 e. The molecule has 3 nitrogen and oxygen atoms in total. The van der Waals surface area contributed by atoms with E-state index in [-0.39, 0.29) is 0 Å². The first-order valence-corrected chi connectivity index (χ1v) is 5.95. The van der Waals surface area contributed by atoms with E-state index in [1.807, 2.05) is 6.07 Å². The van der Waals surface area contributed by atoms with Crippen molar-refractivity contribution in [2.45, 2.75) is 19.8 Å². The van der Waals surface area contributed by atoms with Crippen LogP contribution in [0.15, 0.2) is 24.4 Å². The van der Waals surface area contributed by atoms with E-state index >= 15 is 0 Å². The lowest BCUT2D eigenvalue weighted by molar-refractivity contribution is 0.146. The van der Waals surface area contributed by atoms with Gasteiger partial charge in [-0.05, 0) is 29.7 Å². The fourth-order valence-electron chi connectivity index (χ4n) is 1.93. The van der Waals surface area contributed by atoms with Crippen molar-refractivity contribution < 1.29 is 9.47 Å². The molecule has 1 aromatic heterocycles. The second-order valence-corrected chi connectivity index (χ2v) is 4.45. The summed E-state index contributed by atoms with van der Waals surface area (Å²) in [4.78, 5) is 3.28. The highest BCUT2D eigenvalue weighted by Crippen LogP contribution is 2.28. The zero-order valence-corrected chi connectivity index (χ0v) is 10.6. The minimum atomic E-state index is 0.512. The van der Waals surface area contributed by atoms with E-state index in [0.29, 0.717) is 19.1 Å². The van der Waals surface area contributed by atoms with E-state index in [4.69, 9.17) is 9.47 Å². The Labute approximate surface area is 102 Å². The maximum Gasteiger partial charge on any atom is 0.120 e. The average Bonchev–Trinajstić information content (AvgIpc) is 2.72. The molecule has 0 radical (unpaired) electrons. The Morgan fingerprint density at radius 2 is 2.06 bits per heavy atom. The van der Waals surface area contributed by atoms with Crippen molar-refractivity contribution in [3.05, 3.63) is 30.0 Å². The SMILES string of the molecule is COCCOc1ccc2[nH]cc(C(C)C)c2c1. The van der Waals surface area contributed by atoms with E-state index in [1.165, 1.54) is 10.9 Å². The van der Waals surface area contributed by atoms with Gasteiger partial charge in [-0.25, -0.2) is 0 Å². The predicted octanol–water partition coefficient (Wildman–Crippen LogP) is 3.32. The zero-order valence-electron chi connectivity index (χ0n) is 10.6. The minimum Gasteiger partial charge on any atom is -0.491 e. The van der Waals surface area contributed by atoms with E-state index < -0.39 is 0 Å². The number of hydrogen-bond donors (Lipinski definition) is 1. The van der Waals surface area contributed by atoms with E-state index in [1.54, 1.807) is 7.11 Å². The van der Waals surface area contributed by atoms with E-state index in [0.717, 1.165) is 11.3 Å². The summed E-state index contributed by atoms with van der Waals surface area (Å²) in [6, 6.07) is 6.14. The molecule has 0 aliphatic carbocycles. The first-order chi connectivity index (χ1) is 8.22. The minimum absolute atomic E-state index is 0.512. The van der Waals surface area contributed by atoms with Crippen LogP contribution >= 0.6 is 0 Å². The van der Waals surface area contributed by atoms with Gasteiger partial charge in [-0.3, -0.25) is 0 Å². The second-order valence-electron chi connectivity index (χ2n) is 4.45. The molecule has 0 atom stereocenters. The van der Waals surface area contributed by atoms with Gasteiger partial charge in [-0.2, -0.15) is 0 Å². The van der Waals surface area contributed by atoms with Crippen LogP contribution in [0.4, 0.5) is 0 Å². The van der Waals surface area contributed by atoms with Crippen molar-refractivity contribution >= 4 is 10.9 Å². The van der Waals surface area contributed by atoms with Gasteiger partial charge in [-0.1, -0.05) is 13.8 Å². The Morgan fingerprint density at radius 1 is 1.24 bits per heavy atom. The molecule has 3 heteroatoms. The molecule has 2 rings (SSSR count). The van der Waals surface area contributed by atoms with Crippen molar-refractivity contribution in [1.29, 1.82) is 0 Å². The molecule has 2 aromatic rings. The molecule has 0 spiro atoms. The number of rotatable bonds is 5. The molecule has 1 heterocycles. The molecule has 0 fully saturated rings. The summed E-state index contributed by atoms with van der Waals surface area (Å²) in [5.74, 6) is 1.41. The van der Waals surface area contributed by atoms with Gasteiger partial charge in [0.15, 0.2) is 0 Å². The Balaban J connectivity index is 2.25. The maximum atomic E-state index is 5.62. The fourth-order valence-corrected chi connectivity index (χ4v) is 1.93. The fraction of sp³-hybridized carbons (Fsp3) is 0.429. The Hall–Kier alpha value is -1.48. The largest absolute Gasteiger partial charge is 0.491 e. The molecule has 0 unspecified atom stereocenters. The summed E-state index contributed by atoms with van der Waals surface area (Å²) < 4.78 is 10.6. The van der Waals surface area contributed by atoms with Crippen molar-refractivity contribution in [2.24, 2.45) is 0 Å². The molecule has 92 valence electrons.